The lowest BCUT2D eigenvalue weighted by Gasteiger charge is -2.29. The molecule has 4 rings (SSSR count). The summed E-state index contributed by atoms with van der Waals surface area (Å²) in [6.45, 7) is 6.73. The van der Waals surface area contributed by atoms with Crippen LogP contribution in [0.1, 0.15) is 70.2 Å². The molecule has 3 aromatic rings. The largest absolute Gasteiger partial charge is 0.358 e. The van der Waals surface area contributed by atoms with E-state index < -0.39 is 0 Å². The third-order valence-corrected chi connectivity index (χ3v) is 6.49. The lowest BCUT2D eigenvalue weighted by molar-refractivity contribution is 0.0943. The van der Waals surface area contributed by atoms with E-state index in [2.05, 4.69) is 47.3 Å². The predicted octanol–water partition coefficient (Wildman–Crippen LogP) is 5.58. The van der Waals surface area contributed by atoms with Gasteiger partial charge >= 0.3 is 0 Å². The van der Waals surface area contributed by atoms with E-state index in [1.54, 1.807) is 6.07 Å². The van der Waals surface area contributed by atoms with Crippen LogP contribution in [0.25, 0.3) is 11.3 Å². The highest BCUT2D eigenvalue weighted by atomic mass is 16.1. The number of hydrogen-bond acceptors (Lipinski definition) is 3. The van der Waals surface area contributed by atoms with Crippen molar-refractivity contribution in [2.24, 2.45) is 5.92 Å². The van der Waals surface area contributed by atoms with Crippen molar-refractivity contribution < 1.29 is 4.79 Å². The van der Waals surface area contributed by atoms with Gasteiger partial charge in [0.1, 0.15) is 0 Å². The Labute approximate surface area is 189 Å². The second-order valence-corrected chi connectivity index (χ2v) is 9.01. The molecule has 0 unspecified atom stereocenters. The number of pyridine rings is 1. The van der Waals surface area contributed by atoms with Gasteiger partial charge in [0.15, 0.2) is 0 Å². The standard InChI is InChI=1S/C27H30N4O/c1-17-12-23(13-18(2)30-17)21-10-8-20(9-11-21)16-29-27(32)25-14-19(3)31-26(25)24-7-5-4-6-22(24)15-28/h4-7,12-14,20-21,31H,8-11,16H2,1-3H3,(H,29,32). The lowest BCUT2D eigenvalue weighted by atomic mass is 9.78. The number of aromatic amines is 1. The van der Waals surface area contributed by atoms with E-state index in [-0.39, 0.29) is 5.91 Å². The molecule has 1 amide bonds. The number of amides is 1. The van der Waals surface area contributed by atoms with E-state index in [1.165, 1.54) is 5.56 Å². The Balaban J connectivity index is 1.39. The third-order valence-electron chi connectivity index (χ3n) is 6.49. The normalized spacial score (nSPS) is 18.2. The van der Waals surface area contributed by atoms with Crippen LogP contribution >= 0.6 is 0 Å². The number of aryl methyl sites for hydroxylation is 3. The Bertz CT molecular complexity index is 1140. The van der Waals surface area contributed by atoms with E-state index in [1.807, 2.05) is 31.2 Å². The molecule has 1 aliphatic carbocycles. The Morgan fingerprint density at radius 2 is 1.78 bits per heavy atom. The molecule has 0 atom stereocenters. The number of nitriles is 1. The molecule has 1 saturated carbocycles. The number of nitrogens with one attached hydrogen (secondary N) is 2. The molecular weight excluding hydrogens is 396 g/mol. The van der Waals surface area contributed by atoms with Crippen LogP contribution in [0.15, 0.2) is 42.5 Å². The molecule has 164 valence electrons. The molecule has 1 aliphatic rings. The van der Waals surface area contributed by atoms with Gasteiger partial charge in [0, 0.05) is 29.2 Å². The molecule has 2 aromatic heterocycles. The van der Waals surface area contributed by atoms with Gasteiger partial charge < -0.3 is 10.3 Å². The molecule has 0 bridgehead atoms. The van der Waals surface area contributed by atoms with Crippen LogP contribution in [-0.2, 0) is 0 Å². The number of benzene rings is 1. The number of aromatic nitrogens is 2. The first kappa shape index (κ1) is 21.8. The molecule has 32 heavy (non-hydrogen) atoms. The van der Waals surface area contributed by atoms with Gasteiger partial charge in [-0.1, -0.05) is 18.2 Å². The first-order valence-electron chi connectivity index (χ1n) is 11.4. The van der Waals surface area contributed by atoms with Crippen molar-refractivity contribution >= 4 is 5.91 Å². The summed E-state index contributed by atoms with van der Waals surface area (Å²) in [5.41, 5.74) is 7.11. The molecule has 5 nitrogen and oxygen atoms in total. The fourth-order valence-electron chi connectivity index (χ4n) is 4.91. The molecule has 0 radical (unpaired) electrons. The quantitative estimate of drug-likeness (QED) is 0.559. The van der Waals surface area contributed by atoms with Crippen molar-refractivity contribution in [3.8, 4) is 17.3 Å². The summed E-state index contributed by atoms with van der Waals surface area (Å²) in [5, 5.41) is 12.6. The van der Waals surface area contributed by atoms with Crippen molar-refractivity contribution in [2.45, 2.75) is 52.4 Å². The van der Waals surface area contributed by atoms with Gasteiger partial charge in [-0.15, -0.1) is 0 Å². The minimum Gasteiger partial charge on any atom is -0.358 e. The maximum atomic E-state index is 13.0. The zero-order valence-electron chi connectivity index (χ0n) is 19.0. The van der Waals surface area contributed by atoms with Gasteiger partial charge in [0.2, 0.25) is 0 Å². The van der Waals surface area contributed by atoms with Crippen molar-refractivity contribution in [3.05, 3.63) is 76.2 Å². The summed E-state index contributed by atoms with van der Waals surface area (Å²) in [5.74, 6) is 0.998. The number of carbonyl (C=O) groups excluding carboxylic acids is 1. The fourth-order valence-corrected chi connectivity index (χ4v) is 4.91. The number of rotatable bonds is 5. The SMILES string of the molecule is Cc1cc(C2CCC(CNC(=O)c3cc(C)[nH]c3-c3ccccc3C#N)CC2)cc(C)n1. The minimum atomic E-state index is -0.0837. The van der Waals surface area contributed by atoms with E-state index in [9.17, 15) is 10.1 Å². The summed E-state index contributed by atoms with van der Waals surface area (Å²) in [6, 6.07) is 15.9. The fraction of sp³-hybridized carbons (Fsp3) is 0.370. The molecule has 0 aliphatic heterocycles. The van der Waals surface area contributed by atoms with Crippen molar-refractivity contribution in [3.63, 3.8) is 0 Å². The van der Waals surface area contributed by atoms with Crippen LogP contribution < -0.4 is 5.32 Å². The highest BCUT2D eigenvalue weighted by Gasteiger charge is 2.24. The van der Waals surface area contributed by atoms with Crippen LogP contribution in [0.3, 0.4) is 0 Å². The van der Waals surface area contributed by atoms with Crippen LogP contribution in [0.5, 0.6) is 0 Å². The highest BCUT2D eigenvalue weighted by molar-refractivity contribution is 6.01. The molecule has 1 aromatic carbocycles. The van der Waals surface area contributed by atoms with E-state index >= 15 is 0 Å². The zero-order chi connectivity index (χ0) is 22.7. The van der Waals surface area contributed by atoms with Crippen LogP contribution in [-0.4, -0.2) is 22.4 Å². The van der Waals surface area contributed by atoms with E-state index in [0.717, 1.165) is 48.3 Å². The highest BCUT2D eigenvalue weighted by Crippen LogP contribution is 2.36. The van der Waals surface area contributed by atoms with Crippen LogP contribution in [0.2, 0.25) is 0 Å². The molecule has 0 spiro atoms. The lowest BCUT2D eigenvalue weighted by Crippen LogP contribution is -2.31. The van der Waals surface area contributed by atoms with Gasteiger partial charge in [-0.3, -0.25) is 9.78 Å². The Morgan fingerprint density at radius 1 is 1.09 bits per heavy atom. The van der Waals surface area contributed by atoms with Crippen LogP contribution in [0, 0.1) is 38.0 Å². The minimum absolute atomic E-state index is 0.0837. The number of hydrogen-bond donors (Lipinski definition) is 2. The third kappa shape index (κ3) is 4.75. The van der Waals surface area contributed by atoms with Crippen LogP contribution in [0.4, 0.5) is 0 Å². The van der Waals surface area contributed by atoms with Crippen molar-refractivity contribution in [1.29, 1.82) is 5.26 Å². The molecule has 2 heterocycles. The monoisotopic (exact) mass is 426 g/mol. The number of carbonyl (C=O) groups is 1. The van der Waals surface area contributed by atoms with Gasteiger partial charge in [0.05, 0.1) is 22.9 Å². The first-order valence-corrected chi connectivity index (χ1v) is 11.4. The maximum absolute atomic E-state index is 13.0. The van der Waals surface area contributed by atoms with Gasteiger partial charge in [-0.2, -0.15) is 5.26 Å². The Hall–Kier alpha value is -3.39. The molecule has 0 saturated heterocycles. The zero-order valence-corrected chi connectivity index (χ0v) is 19.0. The van der Waals surface area contributed by atoms with Crippen molar-refractivity contribution in [1.82, 2.24) is 15.3 Å². The topological polar surface area (TPSA) is 81.6 Å². The van der Waals surface area contributed by atoms with E-state index in [0.29, 0.717) is 35.2 Å². The van der Waals surface area contributed by atoms with Gasteiger partial charge in [0.25, 0.3) is 5.91 Å². The molecule has 1 fully saturated rings. The molecule has 2 N–H and O–H groups in total. The molecular formula is C27H30N4O. The van der Waals surface area contributed by atoms with Gasteiger partial charge in [-0.25, -0.2) is 0 Å². The number of H-pyrrole nitrogens is 1. The summed E-state index contributed by atoms with van der Waals surface area (Å²) < 4.78 is 0. The molecule has 5 heteroatoms. The van der Waals surface area contributed by atoms with E-state index in [4.69, 9.17) is 0 Å². The van der Waals surface area contributed by atoms with Crippen molar-refractivity contribution in [2.75, 3.05) is 6.54 Å². The summed E-state index contributed by atoms with van der Waals surface area (Å²) in [6.07, 6.45) is 4.52. The summed E-state index contributed by atoms with van der Waals surface area (Å²) >= 11 is 0. The second kappa shape index (κ2) is 9.40. The van der Waals surface area contributed by atoms with Gasteiger partial charge in [-0.05, 0) is 88.1 Å². The number of nitrogens with zero attached hydrogens (tertiary/aromatic N) is 2. The summed E-state index contributed by atoms with van der Waals surface area (Å²) in [4.78, 5) is 20.8. The smallest absolute Gasteiger partial charge is 0.253 e. The summed E-state index contributed by atoms with van der Waals surface area (Å²) in [7, 11) is 0. The maximum Gasteiger partial charge on any atom is 0.253 e. The average Bonchev–Trinajstić information content (AvgIpc) is 3.18. The predicted molar refractivity (Wildman–Crippen MR) is 126 cm³/mol. The Kier molecular flexibility index (Phi) is 6.41. The average molecular weight is 427 g/mol. The second-order valence-electron chi connectivity index (χ2n) is 9.01. The Morgan fingerprint density at radius 3 is 2.47 bits per heavy atom. The first-order chi connectivity index (χ1) is 15.4.